The van der Waals surface area contributed by atoms with Crippen molar-refractivity contribution >= 4 is 34.2 Å². The van der Waals surface area contributed by atoms with Gasteiger partial charge in [0.25, 0.3) is 0 Å². The van der Waals surface area contributed by atoms with E-state index in [1.54, 1.807) is 0 Å². The second kappa shape index (κ2) is 8.47. The molecule has 2 aromatic carbocycles. The number of aromatic amines is 1. The number of nitrogens with one attached hydrogen (secondary N) is 3. The molecule has 4 rings (SSSR count). The largest absolute Gasteiger partial charge is 0.338 e. The van der Waals surface area contributed by atoms with Crippen LogP contribution in [0.2, 0.25) is 0 Å². The predicted octanol–water partition coefficient (Wildman–Crippen LogP) is 5.10. The number of hydrogen-bond donors (Lipinski definition) is 3. The molecule has 1 saturated carbocycles. The minimum absolute atomic E-state index is 0.106. The molecule has 1 heterocycles. The summed E-state index contributed by atoms with van der Waals surface area (Å²) in [5.74, 6) is 0.909. The van der Waals surface area contributed by atoms with Crippen LogP contribution in [-0.2, 0) is 9.59 Å². The second-order valence-corrected chi connectivity index (χ2v) is 7.75. The Labute approximate surface area is 170 Å². The number of amides is 2. The number of nitrogens with zero attached hydrogens (tertiary/aromatic N) is 1. The van der Waals surface area contributed by atoms with Crippen molar-refractivity contribution in [3.8, 4) is 11.4 Å². The normalized spacial score (nSPS) is 15.1. The minimum Gasteiger partial charge on any atom is -0.338 e. The molecule has 3 aromatic rings. The van der Waals surface area contributed by atoms with Crippen LogP contribution in [0.1, 0.15) is 45.4 Å². The van der Waals surface area contributed by atoms with Crippen LogP contribution in [0.3, 0.4) is 0 Å². The molecule has 6 heteroatoms. The van der Waals surface area contributed by atoms with Crippen LogP contribution >= 0.6 is 0 Å². The summed E-state index contributed by atoms with van der Waals surface area (Å²) in [5.41, 5.74) is 4.18. The van der Waals surface area contributed by atoms with E-state index in [-0.39, 0.29) is 17.7 Å². The molecule has 29 heavy (non-hydrogen) atoms. The quantitative estimate of drug-likeness (QED) is 0.542. The Morgan fingerprint density at radius 3 is 2.31 bits per heavy atom. The number of anilines is 2. The highest BCUT2D eigenvalue weighted by Gasteiger charge is 2.20. The van der Waals surface area contributed by atoms with Crippen molar-refractivity contribution in [1.82, 2.24) is 9.97 Å². The van der Waals surface area contributed by atoms with Gasteiger partial charge < -0.3 is 15.6 Å². The number of imidazole rings is 1. The number of carbonyl (C=O) groups excluding carboxylic acids is 2. The summed E-state index contributed by atoms with van der Waals surface area (Å²) in [4.78, 5) is 31.7. The van der Waals surface area contributed by atoms with Crippen molar-refractivity contribution in [3.63, 3.8) is 0 Å². The van der Waals surface area contributed by atoms with Crippen molar-refractivity contribution < 1.29 is 9.59 Å². The Morgan fingerprint density at radius 2 is 1.62 bits per heavy atom. The maximum Gasteiger partial charge on any atom is 0.227 e. The molecule has 1 aliphatic carbocycles. The van der Waals surface area contributed by atoms with Crippen LogP contribution in [0.15, 0.2) is 42.5 Å². The third kappa shape index (κ3) is 4.65. The summed E-state index contributed by atoms with van der Waals surface area (Å²) in [6, 6.07) is 13.3. The van der Waals surface area contributed by atoms with Gasteiger partial charge in [-0.15, -0.1) is 0 Å². The SMILES string of the molecule is CC(=O)Nc1ccc2nc(-c3ccc(NC(=O)C4CCCCCC4)cc3)[nH]c2c1. The fraction of sp³-hybridized carbons (Fsp3) is 0.348. The van der Waals surface area contributed by atoms with Gasteiger partial charge in [-0.05, 0) is 55.3 Å². The summed E-state index contributed by atoms with van der Waals surface area (Å²) >= 11 is 0. The molecule has 0 bridgehead atoms. The first-order chi connectivity index (χ1) is 14.1. The molecule has 0 radical (unpaired) electrons. The molecule has 3 N–H and O–H groups in total. The van der Waals surface area contributed by atoms with Crippen molar-refractivity contribution in [1.29, 1.82) is 0 Å². The Hall–Kier alpha value is -3.15. The third-order valence-electron chi connectivity index (χ3n) is 5.45. The van der Waals surface area contributed by atoms with E-state index in [0.29, 0.717) is 0 Å². The zero-order valence-electron chi connectivity index (χ0n) is 16.6. The van der Waals surface area contributed by atoms with Gasteiger partial charge in [-0.25, -0.2) is 4.98 Å². The van der Waals surface area contributed by atoms with Gasteiger partial charge in [0.1, 0.15) is 5.82 Å². The first-order valence-corrected chi connectivity index (χ1v) is 10.3. The van der Waals surface area contributed by atoms with Gasteiger partial charge >= 0.3 is 0 Å². The third-order valence-corrected chi connectivity index (χ3v) is 5.45. The lowest BCUT2D eigenvalue weighted by Crippen LogP contribution is -2.22. The fourth-order valence-electron chi connectivity index (χ4n) is 3.92. The molecule has 1 aliphatic rings. The van der Waals surface area contributed by atoms with Crippen molar-refractivity contribution in [2.24, 2.45) is 5.92 Å². The molecule has 0 unspecified atom stereocenters. The molecule has 0 atom stereocenters. The molecular weight excluding hydrogens is 364 g/mol. The number of rotatable bonds is 4. The average Bonchev–Trinajstić information content (AvgIpc) is 2.93. The Morgan fingerprint density at radius 1 is 0.931 bits per heavy atom. The van der Waals surface area contributed by atoms with Crippen LogP contribution in [0.25, 0.3) is 22.4 Å². The first-order valence-electron chi connectivity index (χ1n) is 10.3. The number of aromatic nitrogens is 2. The highest BCUT2D eigenvalue weighted by atomic mass is 16.2. The molecule has 1 aromatic heterocycles. The van der Waals surface area contributed by atoms with E-state index in [1.165, 1.54) is 19.8 Å². The van der Waals surface area contributed by atoms with Crippen molar-refractivity contribution in [3.05, 3.63) is 42.5 Å². The Balaban J connectivity index is 1.47. The number of H-pyrrole nitrogens is 1. The number of carbonyl (C=O) groups is 2. The molecule has 0 spiro atoms. The van der Waals surface area contributed by atoms with Crippen molar-refractivity contribution in [2.75, 3.05) is 10.6 Å². The number of hydrogen-bond acceptors (Lipinski definition) is 3. The van der Waals surface area contributed by atoms with Crippen LogP contribution in [0, 0.1) is 5.92 Å². The highest BCUT2D eigenvalue weighted by Crippen LogP contribution is 2.26. The van der Waals surface area contributed by atoms with Crippen LogP contribution in [0.5, 0.6) is 0 Å². The fourth-order valence-corrected chi connectivity index (χ4v) is 3.92. The lowest BCUT2D eigenvalue weighted by Gasteiger charge is -2.14. The van der Waals surface area contributed by atoms with Gasteiger partial charge in [-0.3, -0.25) is 9.59 Å². The van der Waals surface area contributed by atoms with Crippen LogP contribution < -0.4 is 10.6 Å². The van der Waals surface area contributed by atoms with Gasteiger partial charge in [-0.2, -0.15) is 0 Å². The van der Waals surface area contributed by atoms with E-state index in [4.69, 9.17) is 0 Å². The summed E-state index contributed by atoms with van der Waals surface area (Å²) in [6.45, 7) is 1.48. The Bertz CT molecular complexity index is 1020. The molecule has 6 nitrogen and oxygen atoms in total. The highest BCUT2D eigenvalue weighted by molar-refractivity contribution is 5.93. The van der Waals surface area contributed by atoms with Gasteiger partial charge in [0.15, 0.2) is 0 Å². The maximum absolute atomic E-state index is 12.5. The van der Waals surface area contributed by atoms with Gasteiger partial charge in [0.05, 0.1) is 11.0 Å². The predicted molar refractivity (Wildman–Crippen MR) is 116 cm³/mol. The van der Waals surface area contributed by atoms with Gasteiger partial charge in [-0.1, -0.05) is 25.7 Å². The van der Waals surface area contributed by atoms with E-state index >= 15 is 0 Å². The van der Waals surface area contributed by atoms with E-state index in [2.05, 4.69) is 20.6 Å². The topological polar surface area (TPSA) is 86.9 Å². The van der Waals surface area contributed by atoms with E-state index in [1.807, 2.05) is 42.5 Å². The van der Waals surface area contributed by atoms with Crippen molar-refractivity contribution in [2.45, 2.75) is 45.4 Å². The summed E-state index contributed by atoms with van der Waals surface area (Å²) in [5, 5.41) is 5.84. The smallest absolute Gasteiger partial charge is 0.227 e. The molecule has 2 amide bonds. The van der Waals surface area contributed by atoms with Crippen LogP contribution in [-0.4, -0.2) is 21.8 Å². The van der Waals surface area contributed by atoms with Gasteiger partial charge in [0, 0.05) is 29.8 Å². The molecule has 150 valence electrons. The standard InChI is InChI=1S/C23H26N4O2/c1-15(28)24-19-12-13-20-21(14-19)27-22(26-20)16-8-10-18(11-9-16)25-23(29)17-6-4-2-3-5-7-17/h8-14,17H,2-7H2,1H3,(H,24,28)(H,25,29)(H,26,27). The summed E-state index contributed by atoms with van der Waals surface area (Å²) in [7, 11) is 0. The zero-order chi connectivity index (χ0) is 20.2. The zero-order valence-corrected chi connectivity index (χ0v) is 16.6. The first kappa shape index (κ1) is 19.2. The molecule has 0 aliphatic heterocycles. The minimum atomic E-state index is -0.106. The second-order valence-electron chi connectivity index (χ2n) is 7.75. The summed E-state index contributed by atoms with van der Waals surface area (Å²) in [6.07, 6.45) is 6.75. The maximum atomic E-state index is 12.5. The Kier molecular flexibility index (Phi) is 5.60. The van der Waals surface area contributed by atoms with E-state index in [9.17, 15) is 9.59 Å². The van der Waals surface area contributed by atoms with E-state index in [0.717, 1.165) is 59.5 Å². The number of fused-ring (bicyclic) bond motifs is 1. The molecule has 0 saturated heterocycles. The summed E-state index contributed by atoms with van der Waals surface area (Å²) < 4.78 is 0. The lowest BCUT2D eigenvalue weighted by atomic mass is 9.99. The van der Waals surface area contributed by atoms with E-state index < -0.39 is 0 Å². The number of benzene rings is 2. The van der Waals surface area contributed by atoms with Crippen LogP contribution in [0.4, 0.5) is 11.4 Å². The molecular formula is C23H26N4O2. The lowest BCUT2D eigenvalue weighted by molar-refractivity contribution is -0.120. The molecule has 1 fully saturated rings. The monoisotopic (exact) mass is 390 g/mol. The van der Waals surface area contributed by atoms with Gasteiger partial charge in [0.2, 0.25) is 11.8 Å². The average molecular weight is 390 g/mol.